The minimum atomic E-state index is -0.836. The van der Waals surface area contributed by atoms with Crippen molar-refractivity contribution in [3.63, 3.8) is 0 Å². The van der Waals surface area contributed by atoms with Crippen LogP contribution in [0.5, 0.6) is 0 Å². The van der Waals surface area contributed by atoms with Gasteiger partial charge in [-0.3, -0.25) is 0 Å². The molecule has 1 nitrogen and oxygen atoms in total. The highest BCUT2D eigenvalue weighted by Gasteiger charge is 2.16. The highest BCUT2D eigenvalue weighted by molar-refractivity contribution is 5.36. The molecule has 3 heteroatoms. The van der Waals surface area contributed by atoms with E-state index in [9.17, 15) is 13.9 Å². The van der Waals surface area contributed by atoms with Gasteiger partial charge in [0.15, 0.2) is 0 Å². The van der Waals surface area contributed by atoms with Gasteiger partial charge in [-0.15, -0.1) is 0 Å². The van der Waals surface area contributed by atoms with Crippen LogP contribution >= 0.6 is 0 Å². The molecule has 0 saturated heterocycles. The Bertz CT molecular complexity index is 573. The summed E-state index contributed by atoms with van der Waals surface area (Å²) in [5.74, 6) is -0.989. The van der Waals surface area contributed by atoms with E-state index in [0.29, 0.717) is 0 Å². The highest BCUT2D eigenvalue weighted by atomic mass is 19.1. The summed E-state index contributed by atoms with van der Waals surface area (Å²) in [6.45, 7) is 3.79. The Morgan fingerprint density at radius 3 is 2.32 bits per heavy atom. The van der Waals surface area contributed by atoms with Crippen LogP contribution in [0.25, 0.3) is 0 Å². The zero-order valence-electron chi connectivity index (χ0n) is 11.0. The van der Waals surface area contributed by atoms with Crippen molar-refractivity contribution in [3.05, 3.63) is 70.3 Å². The zero-order chi connectivity index (χ0) is 14.0. The standard InChI is InChI=1S/C16H16F2O/c1-10-4-3-5-11(2)16(10)15(19)9-12-8-13(17)6-7-14(12)18/h3-8,15,19H,9H2,1-2H3. The fourth-order valence-electron chi connectivity index (χ4n) is 2.36. The van der Waals surface area contributed by atoms with Gasteiger partial charge < -0.3 is 5.11 Å². The Balaban J connectivity index is 2.31. The number of aryl methyl sites for hydroxylation is 2. The van der Waals surface area contributed by atoms with Gasteiger partial charge in [-0.2, -0.15) is 0 Å². The third-order valence-corrected chi connectivity index (χ3v) is 3.30. The second-order valence-corrected chi connectivity index (χ2v) is 4.76. The molecule has 2 aromatic carbocycles. The molecule has 0 bridgehead atoms. The fourth-order valence-corrected chi connectivity index (χ4v) is 2.36. The largest absolute Gasteiger partial charge is 0.388 e. The lowest BCUT2D eigenvalue weighted by Crippen LogP contribution is -2.07. The highest BCUT2D eigenvalue weighted by Crippen LogP contribution is 2.26. The molecule has 0 aromatic heterocycles. The van der Waals surface area contributed by atoms with Gasteiger partial charge in [0.2, 0.25) is 0 Å². The molecule has 1 N–H and O–H groups in total. The molecular formula is C16H16F2O. The van der Waals surface area contributed by atoms with E-state index in [1.54, 1.807) is 0 Å². The second-order valence-electron chi connectivity index (χ2n) is 4.76. The van der Waals surface area contributed by atoms with Crippen LogP contribution in [-0.4, -0.2) is 5.11 Å². The Morgan fingerprint density at radius 2 is 1.68 bits per heavy atom. The number of benzene rings is 2. The van der Waals surface area contributed by atoms with E-state index in [-0.39, 0.29) is 12.0 Å². The number of halogens is 2. The first-order chi connectivity index (χ1) is 8.99. The van der Waals surface area contributed by atoms with Gasteiger partial charge in [-0.1, -0.05) is 18.2 Å². The summed E-state index contributed by atoms with van der Waals surface area (Å²) in [5.41, 5.74) is 2.87. The van der Waals surface area contributed by atoms with Crippen molar-refractivity contribution in [1.29, 1.82) is 0 Å². The van der Waals surface area contributed by atoms with Crippen molar-refractivity contribution in [2.24, 2.45) is 0 Å². The molecule has 0 aliphatic carbocycles. The minimum absolute atomic E-state index is 0.0648. The quantitative estimate of drug-likeness (QED) is 0.890. The van der Waals surface area contributed by atoms with Crippen molar-refractivity contribution < 1.29 is 13.9 Å². The smallest absolute Gasteiger partial charge is 0.126 e. The third-order valence-electron chi connectivity index (χ3n) is 3.30. The van der Waals surface area contributed by atoms with Gasteiger partial charge in [0.25, 0.3) is 0 Å². The van der Waals surface area contributed by atoms with Gasteiger partial charge in [0, 0.05) is 6.42 Å². The molecule has 0 radical (unpaired) electrons. The van der Waals surface area contributed by atoms with Gasteiger partial charge in [-0.25, -0.2) is 8.78 Å². The Hall–Kier alpha value is -1.74. The van der Waals surface area contributed by atoms with Gasteiger partial charge in [-0.05, 0) is 54.3 Å². The van der Waals surface area contributed by atoms with Crippen LogP contribution in [0.3, 0.4) is 0 Å². The Kier molecular flexibility index (Phi) is 3.96. The normalized spacial score (nSPS) is 12.5. The van der Waals surface area contributed by atoms with Crippen molar-refractivity contribution in [1.82, 2.24) is 0 Å². The molecule has 1 unspecified atom stereocenters. The summed E-state index contributed by atoms with van der Waals surface area (Å²) in [5, 5.41) is 10.3. The molecular weight excluding hydrogens is 246 g/mol. The average Bonchev–Trinajstić information content (AvgIpc) is 2.33. The van der Waals surface area contributed by atoms with Crippen LogP contribution in [0.15, 0.2) is 36.4 Å². The van der Waals surface area contributed by atoms with E-state index in [0.717, 1.165) is 34.9 Å². The van der Waals surface area contributed by atoms with E-state index in [2.05, 4.69) is 0 Å². The topological polar surface area (TPSA) is 20.2 Å². The van der Waals surface area contributed by atoms with E-state index in [1.165, 1.54) is 0 Å². The van der Waals surface area contributed by atoms with Crippen molar-refractivity contribution in [2.45, 2.75) is 26.4 Å². The van der Waals surface area contributed by atoms with Gasteiger partial charge in [0.1, 0.15) is 11.6 Å². The predicted molar refractivity (Wildman–Crippen MR) is 70.9 cm³/mol. The molecule has 0 heterocycles. The van der Waals surface area contributed by atoms with E-state index in [1.807, 2.05) is 32.0 Å². The predicted octanol–water partition coefficient (Wildman–Crippen LogP) is 3.86. The van der Waals surface area contributed by atoms with E-state index >= 15 is 0 Å². The minimum Gasteiger partial charge on any atom is -0.388 e. The maximum absolute atomic E-state index is 13.6. The molecule has 100 valence electrons. The first-order valence-corrected chi connectivity index (χ1v) is 6.17. The summed E-state index contributed by atoms with van der Waals surface area (Å²) in [4.78, 5) is 0. The molecule has 0 amide bonds. The molecule has 1 atom stereocenters. The summed E-state index contributed by atoms with van der Waals surface area (Å²) in [7, 11) is 0. The number of aliphatic hydroxyl groups is 1. The van der Waals surface area contributed by atoms with E-state index < -0.39 is 17.7 Å². The van der Waals surface area contributed by atoms with Crippen LogP contribution in [0.4, 0.5) is 8.78 Å². The molecule has 19 heavy (non-hydrogen) atoms. The molecule has 0 fully saturated rings. The SMILES string of the molecule is Cc1cccc(C)c1C(O)Cc1cc(F)ccc1F. The molecule has 0 saturated carbocycles. The van der Waals surface area contributed by atoms with Gasteiger partial charge >= 0.3 is 0 Å². The lowest BCUT2D eigenvalue weighted by molar-refractivity contribution is 0.175. The Labute approximate surface area is 111 Å². The number of hydrogen-bond donors (Lipinski definition) is 1. The van der Waals surface area contributed by atoms with Crippen LogP contribution in [0.1, 0.15) is 28.4 Å². The van der Waals surface area contributed by atoms with E-state index in [4.69, 9.17) is 0 Å². The monoisotopic (exact) mass is 262 g/mol. The maximum atomic E-state index is 13.6. The molecule has 0 aliphatic rings. The molecule has 2 rings (SSSR count). The molecule has 0 spiro atoms. The molecule has 0 aliphatic heterocycles. The van der Waals surface area contributed by atoms with Gasteiger partial charge in [0.05, 0.1) is 6.10 Å². The lowest BCUT2D eigenvalue weighted by atomic mass is 9.94. The summed E-state index contributed by atoms with van der Waals surface area (Å²) in [6, 6.07) is 8.99. The summed E-state index contributed by atoms with van der Waals surface area (Å²) >= 11 is 0. The number of aliphatic hydroxyl groups excluding tert-OH is 1. The van der Waals surface area contributed by atoms with Crippen molar-refractivity contribution >= 4 is 0 Å². The van der Waals surface area contributed by atoms with Crippen LogP contribution in [-0.2, 0) is 6.42 Å². The number of rotatable bonds is 3. The van der Waals surface area contributed by atoms with Crippen molar-refractivity contribution in [3.8, 4) is 0 Å². The molecule has 2 aromatic rings. The lowest BCUT2D eigenvalue weighted by Gasteiger charge is -2.17. The summed E-state index contributed by atoms with van der Waals surface area (Å²) in [6.07, 6.45) is -0.771. The van der Waals surface area contributed by atoms with Crippen LogP contribution in [0, 0.1) is 25.5 Å². The summed E-state index contributed by atoms with van der Waals surface area (Å²) < 4.78 is 26.7. The average molecular weight is 262 g/mol. The first-order valence-electron chi connectivity index (χ1n) is 6.17. The number of hydrogen-bond acceptors (Lipinski definition) is 1. The van der Waals surface area contributed by atoms with Crippen molar-refractivity contribution in [2.75, 3.05) is 0 Å². The zero-order valence-corrected chi connectivity index (χ0v) is 11.0. The van der Waals surface area contributed by atoms with Crippen LogP contribution < -0.4 is 0 Å². The first kappa shape index (κ1) is 13.7. The third kappa shape index (κ3) is 2.99. The maximum Gasteiger partial charge on any atom is 0.126 e. The fraction of sp³-hybridized carbons (Fsp3) is 0.250. The second kappa shape index (κ2) is 5.49. The van der Waals surface area contributed by atoms with Crippen LogP contribution in [0.2, 0.25) is 0 Å². The Morgan fingerprint density at radius 1 is 1.05 bits per heavy atom.